The molecular weight excluding hydrogens is 503 g/mol. The Kier molecular flexibility index (Phi) is 9.42. The normalized spacial score (nSPS) is 19.7. The van der Waals surface area contributed by atoms with E-state index >= 15 is 0 Å². The van der Waals surface area contributed by atoms with Crippen LogP contribution in [0.3, 0.4) is 0 Å². The summed E-state index contributed by atoms with van der Waals surface area (Å²) in [6.07, 6.45) is 1.18. The lowest BCUT2D eigenvalue weighted by atomic mass is 10.1. The second-order valence-corrected chi connectivity index (χ2v) is 7.72. The third kappa shape index (κ3) is 6.33. The molecule has 2 aliphatic rings. The van der Waals surface area contributed by atoms with Gasteiger partial charge in [0, 0.05) is 44.8 Å². The number of nitrogens with one attached hydrogen (secondary N) is 1. The fourth-order valence-corrected chi connectivity index (χ4v) is 4.28. The number of rotatable bonds is 6. The molecule has 31 heavy (non-hydrogen) atoms. The van der Waals surface area contributed by atoms with Gasteiger partial charge in [-0.3, -0.25) is 9.89 Å². The zero-order valence-electron chi connectivity index (χ0n) is 18.2. The summed E-state index contributed by atoms with van der Waals surface area (Å²) in [6, 6.07) is 19.2. The van der Waals surface area contributed by atoms with Crippen LogP contribution in [0.2, 0.25) is 0 Å². The van der Waals surface area contributed by atoms with Gasteiger partial charge < -0.3 is 19.7 Å². The number of nitrogens with zero attached hydrogens (tertiary/aromatic N) is 3. The second-order valence-electron chi connectivity index (χ2n) is 7.72. The number of ether oxygens (including phenoxy) is 2. The van der Waals surface area contributed by atoms with Crippen LogP contribution in [0.1, 0.15) is 6.42 Å². The first kappa shape index (κ1) is 23.8. The SMILES string of the molecule is CN=C(NCCOc1ccccc1-c1ccccc1)N1CCC(N2CCOCC2)C1.I. The van der Waals surface area contributed by atoms with Crippen molar-refractivity contribution in [3.8, 4) is 16.9 Å². The first-order valence-electron chi connectivity index (χ1n) is 10.9. The number of halogens is 1. The predicted octanol–water partition coefficient (Wildman–Crippen LogP) is 3.33. The van der Waals surface area contributed by atoms with E-state index < -0.39 is 0 Å². The van der Waals surface area contributed by atoms with Gasteiger partial charge in [0.2, 0.25) is 0 Å². The van der Waals surface area contributed by atoms with Crippen molar-refractivity contribution in [1.82, 2.24) is 15.1 Å². The highest BCUT2D eigenvalue weighted by Gasteiger charge is 2.30. The molecular formula is C24H33IN4O2. The van der Waals surface area contributed by atoms with E-state index in [1.54, 1.807) is 0 Å². The highest BCUT2D eigenvalue weighted by Crippen LogP contribution is 2.29. The molecule has 1 atom stereocenters. The van der Waals surface area contributed by atoms with Gasteiger partial charge in [0.1, 0.15) is 12.4 Å². The number of para-hydroxylation sites is 1. The van der Waals surface area contributed by atoms with Crippen LogP contribution in [-0.4, -0.2) is 81.4 Å². The standard InChI is InChI=1S/C24H32N4O2.HI/c1-25-24(28-13-11-21(19-28)27-14-17-29-18-15-27)26-12-16-30-23-10-6-5-9-22(23)20-7-3-2-4-8-20;/h2-10,21H,11-19H2,1H3,(H,25,26);1H. The molecule has 1 N–H and O–H groups in total. The maximum absolute atomic E-state index is 6.11. The van der Waals surface area contributed by atoms with E-state index in [0.29, 0.717) is 19.2 Å². The molecule has 7 heteroatoms. The summed E-state index contributed by atoms with van der Waals surface area (Å²) in [5.41, 5.74) is 2.29. The Bertz CT molecular complexity index is 827. The molecule has 2 saturated heterocycles. The molecule has 0 spiro atoms. The molecule has 2 aromatic carbocycles. The number of benzene rings is 2. The monoisotopic (exact) mass is 536 g/mol. The summed E-state index contributed by atoms with van der Waals surface area (Å²) in [4.78, 5) is 9.41. The number of hydrogen-bond donors (Lipinski definition) is 1. The van der Waals surface area contributed by atoms with Gasteiger partial charge in [-0.1, -0.05) is 48.5 Å². The molecule has 0 bridgehead atoms. The molecule has 2 aliphatic heterocycles. The van der Waals surface area contributed by atoms with E-state index in [2.05, 4.69) is 50.4 Å². The van der Waals surface area contributed by atoms with Gasteiger partial charge in [-0.15, -0.1) is 24.0 Å². The zero-order chi connectivity index (χ0) is 20.6. The van der Waals surface area contributed by atoms with Crippen molar-refractivity contribution < 1.29 is 9.47 Å². The first-order chi connectivity index (χ1) is 14.8. The number of morpholine rings is 1. The Labute approximate surface area is 202 Å². The first-order valence-corrected chi connectivity index (χ1v) is 10.9. The van der Waals surface area contributed by atoms with Crippen molar-refractivity contribution in [1.29, 1.82) is 0 Å². The summed E-state index contributed by atoms with van der Waals surface area (Å²) in [5.74, 6) is 1.87. The van der Waals surface area contributed by atoms with Crippen LogP contribution < -0.4 is 10.1 Å². The average Bonchev–Trinajstić information content (AvgIpc) is 3.31. The summed E-state index contributed by atoms with van der Waals surface area (Å²) < 4.78 is 11.6. The van der Waals surface area contributed by atoms with Gasteiger partial charge >= 0.3 is 0 Å². The van der Waals surface area contributed by atoms with E-state index in [1.165, 1.54) is 12.0 Å². The van der Waals surface area contributed by atoms with E-state index in [-0.39, 0.29) is 24.0 Å². The third-order valence-electron chi connectivity index (χ3n) is 5.85. The Morgan fingerprint density at radius 1 is 1.06 bits per heavy atom. The summed E-state index contributed by atoms with van der Waals surface area (Å²) in [7, 11) is 1.86. The fourth-order valence-electron chi connectivity index (χ4n) is 4.28. The molecule has 0 radical (unpaired) electrons. The van der Waals surface area contributed by atoms with Gasteiger partial charge in [-0.25, -0.2) is 0 Å². The Balaban J connectivity index is 0.00000272. The molecule has 2 aromatic rings. The number of likely N-dealkylation sites (tertiary alicyclic amines) is 1. The minimum Gasteiger partial charge on any atom is -0.491 e. The topological polar surface area (TPSA) is 49.3 Å². The summed E-state index contributed by atoms with van der Waals surface area (Å²) >= 11 is 0. The lowest BCUT2D eigenvalue weighted by Gasteiger charge is -2.32. The van der Waals surface area contributed by atoms with Crippen LogP contribution in [0.4, 0.5) is 0 Å². The molecule has 1 unspecified atom stereocenters. The molecule has 6 nitrogen and oxygen atoms in total. The lowest BCUT2D eigenvalue weighted by molar-refractivity contribution is 0.0195. The Morgan fingerprint density at radius 3 is 2.58 bits per heavy atom. The van der Waals surface area contributed by atoms with Crippen molar-refractivity contribution in [2.45, 2.75) is 12.5 Å². The number of aliphatic imine (C=N–C) groups is 1. The molecule has 0 saturated carbocycles. The zero-order valence-corrected chi connectivity index (χ0v) is 20.5. The van der Waals surface area contributed by atoms with Crippen molar-refractivity contribution in [3.63, 3.8) is 0 Å². The molecule has 0 aliphatic carbocycles. The van der Waals surface area contributed by atoms with Crippen LogP contribution in [0.5, 0.6) is 5.75 Å². The van der Waals surface area contributed by atoms with Gasteiger partial charge in [0.05, 0.1) is 19.8 Å². The second kappa shape index (κ2) is 12.3. The van der Waals surface area contributed by atoms with E-state index in [1.807, 2.05) is 31.3 Å². The molecule has 2 fully saturated rings. The smallest absolute Gasteiger partial charge is 0.193 e. The van der Waals surface area contributed by atoms with E-state index in [4.69, 9.17) is 9.47 Å². The van der Waals surface area contributed by atoms with Gasteiger partial charge in [-0.2, -0.15) is 0 Å². The predicted molar refractivity (Wildman–Crippen MR) is 137 cm³/mol. The van der Waals surface area contributed by atoms with Gasteiger partial charge in [0.25, 0.3) is 0 Å². The molecule has 168 valence electrons. The summed E-state index contributed by atoms with van der Waals surface area (Å²) in [6.45, 7) is 7.16. The minimum absolute atomic E-state index is 0. The Morgan fingerprint density at radius 2 is 1.81 bits per heavy atom. The van der Waals surface area contributed by atoms with Crippen molar-refractivity contribution in [2.24, 2.45) is 4.99 Å². The molecule has 0 aromatic heterocycles. The largest absolute Gasteiger partial charge is 0.491 e. The number of guanidine groups is 1. The third-order valence-corrected chi connectivity index (χ3v) is 5.85. The van der Waals surface area contributed by atoms with Crippen LogP contribution in [0.15, 0.2) is 59.6 Å². The van der Waals surface area contributed by atoms with Crippen LogP contribution in [0.25, 0.3) is 11.1 Å². The van der Waals surface area contributed by atoms with Crippen molar-refractivity contribution >= 4 is 29.9 Å². The quantitative estimate of drug-likeness (QED) is 0.266. The maximum atomic E-state index is 6.11. The summed E-state index contributed by atoms with van der Waals surface area (Å²) in [5, 5.41) is 3.47. The Hall–Kier alpha value is -1.84. The van der Waals surface area contributed by atoms with Gasteiger partial charge in [-0.05, 0) is 18.1 Å². The fraction of sp³-hybridized carbons (Fsp3) is 0.458. The van der Waals surface area contributed by atoms with Crippen LogP contribution in [0, 0.1) is 0 Å². The number of hydrogen-bond acceptors (Lipinski definition) is 4. The van der Waals surface area contributed by atoms with E-state index in [9.17, 15) is 0 Å². The average molecular weight is 536 g/mol. The molecule has 4 rings (SSSR count). The van der Waals surface area contributed by atoms with Gasteiger partial charge in [0.15, 0.2) is 5.96 Å². The van der Waals surface area contributed by atoms with Crippen molar-refractivity contribution in [2.75, 3.05) is 59.6 Å². The maximum Gasteiger partial charge on any atom is 0.193 e. The highest BCUT2D eigenvalue weighted by molar-refractivity contribution is 14.0. The van der Waals surface area contributed by atoms with Crippen molar-refractivity contribution in [3.05, 3.63) is 54.6 Å². The molecule has 2 heterocycles. The lowest BCUT2D eigenvalue weighted by Crippen LogP contribution is -2.47. The van der Waals surface area contributed by atoms with Crippen LogP contribution >= 0.6 is 24.0 Å². The molecule has 0 amide bonds. The highest BCUT2D eigenvalue weighted by atomic mass is 127. The van der Waals surface area contributed by atoms with Crippen LogP contribution in [-0.2, 0) is 4.74 Å². The minimum atomic E-state index is 0. The van der Waals surface area contributed by atoms with E-state index in [0.717, 1.165) is 56.7 Å².